The molecule has 1 fully saturated rings. The van der Waals surface area contributed by atoms with Gasteiger partial charge in [0.1, 0.15) is 0 Å². The molecular formula is C11H17N3O2S. The van der Waals surface area contributed by atoms with Crippen molar-refractivity contribution in [2.75, 3.05) is 24.4 Å². The monoisotopic (exact) mass is 255 g/mol. The summed E-state index contributed by atoms with van der Waals surface area (Å²) in [4.78, 5) is 3.89. The molecule has 0 spiro atoms. The normalized spacial score (nSPS) is 21.1. The number of nitrogens with one attached hydrogen (secondary N) is 1. The van der Waals surface area contributed by atoms with E-state index < -0.39 is 10.0 Å². The van der Waals surface area contributed by atoms with E-state index >= 15 is 0 Å². The summed E-state index contributed by atoms with van der Waals surface area (Å²) in [6.07, 6.45) is 4.83. The Balaban J connectivity index is 2.20. The smallest absolute Gasteiger partial charge is 0.239 e. The summed E-state index contributed by atoms with van der Waals surface area (Å²) in [6.45, 7) is 1.45. The number of rotatable bonds is 3. The first kappa shape index (κ1) is 12.3. The third kappa shape index (κ3) is 2.58. The van der Waals surface area contributed by atoms with Crippen LogP contribution in [-0.4, -0.2) is 38.8 Å². The van der Waals surface area contributed by atoms with Gasteiger partial charge in [-0.05, 0) is 31.5 Å². The summed E-state index contributed by atoms with van der Waals surface area (Å²) in [7, 11) is -1.68. The van der Waals surface area contributed by atoms with Gasteiger partial charge in [0.2, 0.25) is 10.0 Å². The van der Waals surface area contributed by atoms with Crippen molar-refractivity contribution >= 4 is 15.7 Å². The number of hydrogen-bond acceptors (Lipinski definition) is 4. The molecule has 0 radical (unpaired) electrons. The van der Waals surface area contributed by atoms with E-state index in [0.29, 0.717) is 12.2 Å². The zero-order valence-electron chi connectivity index (χ0n) is 9.83. The lowest BCUT2D eigenvalue weighted by Gasteiger charge is -2.28. The van der Waals surface area contributed by atoms with Gasteiger partial charge < -0.3 is 5.32 Å². The van der Waals surface area contributed by atoms with E-state index in [1.165, 1.54) is 4.31 Å². The lowest BCUT2D eigenvalue weighted by molar-refractivity contribution is 0.496. The van der Waals surface area contributed by atoms with E-state index in [0.717, 1.165) is 19.4 Å². The zero-order chi connectivity index (χ0) is 12.3. The molecule has 0 saturated carbocycles. The molecule has 1 unspecified atom stereocenters. The van der Waals surface area contributed by atoms with Crippen molar-refractivity contribution in [3.8, 4) is 0 Å². The minimum absolute atomic E-state index is 0.325. The average molecular weight is 255 g/mol. The molecule has 1 N–H and O–H groups in total. The van der Waals surface area contributed by atoms with Crippen LogP contribution in [0.3, 0.4) is 0 Å². The molecular weight excluding hydrogens is 238 g/mol. The predicted molar refractivity (Wildman–Crippen MR) is 67.5 cm³/mol. The van der Waals surface area contributed by atoms with E-state index in [1.54, 1.807) is 31.6 Å². The first-order chi connectivity index (χ1) is 8.12. The van der Waals surface area contributed by atoms with Gasteiger partial charge in [-0.3, -0.25) is 9.29 Å². The SMILES string of the molecule is CN(c1ccncc1)S(=O)(=O)C1CCCNC1. The van der Waals surface area contributed by atoms with Crippen molar-refractivity contribution in [3.05, 3.63) is 24.5 Å². The maximum absolute atomic E-state index is 12.4. The van der Waals surface area contributed by atoms with Crippen molar-refractivity contribution in [3.63, 3.8) is 0 Å². The largest absolute Gasteiger partial charge is 0.315 e. The van der Waals surface area contributed by atoms with Crippen molar-refractivity contribution < 1.29 is 8.42 Å². The average Bonchev–Trinajstić information content (AvgIpc) is 2.40. The fraction of sp³-hybridized carbons (Fsp3) is 0.545. The third-order valence-electron chi connectivity index (χ3n) is 3.08. The topological polar surface area (TPSA) is 62.3 Å². The van der Waals surface area contributed by atoms with E-state index in [9.17, 15) is 8.42 Å². The van der Waals surface area contributed by atoms with E-state index in [1.807, 2.05) is 0 Å². The van der Waals surface area contributed by atoms with Gasteiger partial charge in [0, 0.05) is 26.0 Å². The molecule has 0 amide bonds. The van der Waals surface area contributed by atoms with Crippen LogP contribution >= 0.6 is 0 Å². The molecule has 1 aromatic rings. The number of piperidine rings is 1. The molecule has 1 aliphatic heterocycles. The molecule has 94 valence electrons. The summed E-state index contributed by atoms with van der Waals surface area (Å²) < 4.78 is 26.1. The number of pyridine rings is 1. The van der Waals surface area contributed by atoms with Crippen molar-refractivity contribution in [1.82, 2.24) is 10.3 Å². The lowest BCUT2D eigenvalue weighted by atomic mass is 10.2. The number of nitrogens with zero attached hydrogens (tertiary/aromatic N) is 2. The Bertz CT molecular complexity index is 455. The standard InChI is InChI=1S/C11H17N3O2S/c1-14(10-4-7-12-8-5-10)17(15,16)11-3-2-6-13-9-11/h4-5,7-8,11,13H,2-3,6,9H2,1H3. The van der Waals surface area contributed by atoms with E-state index in [2.05, 4.69) is 10.3 Å². The second kappa shape index (κ2) is 5.01. The molecule has 0 aromatic carbocycles. The highest BCUT2D eigenvalue weighted by molar-refractivity contribution is 7.93. The number of sulfonamides is 1. The Labute approximate surface area is 102 Å². The summed E-state index contributed by atoms with van der Waals surface area (Å²) in [6, 6.07) is 3.40. The lowest BCUT2D eigenvalue weighted by Crippen LogP contribution is -2.45. The van der Waals surface area contributed by atoms with Crippen LogP contribution in [0.25, 0.3) is 0 Å². The van der Waals surface area contributed by atoms with Crippen LogP contribution in [-0.2, 0) is 10.0 Å². The molecule has 0 bridgehead atoms. The molecule has 1 aliphatic rings. The quantitative estimate of drug-likeness (QED) is 0.859. The summed E-state index contributed by atoms with van der Waals surface area (Å²) in [5.41, 5.74) is 0.658. The highest BCUT2D eigenvalue weighted by Crippen LogP contribution is 2.21. The predicted octanol–water partition coefficient (Wildman–Crippen LogP) is 0.600. The van der Waals surface area contributed by atoms with Crippen molar-refractivity contribution in [2.45, 2.75) is 18.1 Å². The fourth-order valence-electron chi connectivity index (χ4n) is 2.00. The summed E-state index contributed by atoms with van der Waals surface area (Å²) in [5.74, 6) is 0. The molecule has 1 aromatic heterocycles. The molecule has 2 heterocycles. The first-order valence-corrected chi connectivity index (χ1v) is 7.21. The molecule has 0 aliphatic carbocycles. The van der Waals surface area contributed by atoms with Gasteiger partial charge in [0.15, 0.2) is 0 Å². The van der Waals surface area contributed by atoms with Crippen molar-refractivity contribution in [2.24, 2.45) is 0 Å². The molecule has 1 atom stereocenters. The van der Waals surface area contributed by atoms with Gasteiger partial charge in [-0.1, -0.05) is 0 Å². The second-order valence-electron chi connectivity index (χ2n) is 4.19. The molecule has 1 saturated heterocycles. The summed E-state index contributed by atoms with van der Waals surface area (Å²) >= 11 is 0. The Morgan fingerprint density at radius 1 is 1.41 bits per heavy atom. The van der Waals surface area contributed by atoms with Gasteiger partial charge in [-0.25, -0.2) is 8.42 Å². The molecule has 2 rings (SSSR count). The fourth-order valence-corrected chi connectivity index (χ4v) is 3.65. The van der Waals surface area contributed by atoms with Crippen LogP contribution in [0.4, 0.5) is 5.69 Å². The van der Waals surface area contributed by atoms with Gasteiger partial charge >= 0.3 is 0 Å². The highest BCUT2D eigenvalue weighted by Gasteiger charge is 2.31. The maximum Gasteiger partial charge on any atom is 0.239 e. The maximum atomic E-state index is 12.4. The van der Waals surface area contributed by atoms with Crippen LogP contribution in [0, 0.1) is 0 Å². The van der Waals surface area contributed by atoms with Crippen LogP contribution in [0.15, 0.2) is 24.5 Å². The van der Waals surface area contributed by atoms with Crippen LogP contribution in [0.5, 0.6) is 0 Å². The first-order valence-electron chi connectivity index (χ1n) is 5.71. The molecule has 17 heavy (non-hydrogen) atoms. The van der Waals surface area contributed by atoms with Crippen molar-refractivity contribution in [1.29, 1.82) is 0 Å². The number of aromatic nitrogens is 1. The minimum Gasteiger partial charge on any atom is -0.315 e. The summed E-state index contributed by atoms with van der Waals surface area (Å²) in [5, 5.41) is 2.80. The van der Waals surface area contributed by atoms with E-state index in [4.69, 9.17) is 0 Å². The number of anilines is 1. The van der Waals surface area contributed by atoms with Crippen LogP contribution in [0.1, 0.15) is 12.8 Å². The van der Waals surface area contributed by atoms with Gasteiger partial charge in [0.25, 0.3) is 0 Å². The van der Waals surface area contributed by atoms with Gasteiger partial charge in [-0.15, -0.1) is 0 Å². The van der Waals surface area contributed by atoms with Gasteiger partial charge in [0.05, 0.1) is 10.9 Å². The Hall–Kier alpha value is -1.14. The second-order valence-corrected chi connectivity index (χ2v) is 6.43. The Morgan fingerprint density at radius 3 is 2.71 bits per heavy atom. The third-order valence-corrected chi connectivity index (χ3v) is 5.30. The highest BCUT2D eigenvalue weighted by atomic mass is 32.2. The molecule has 5 nitrogen and oxygen atoms in total. The van der Waals surface area contributed by atoms with Gasteiger partial charge in [-0.2, -0.15) is 0 Å². The Kier molecular flexibility index (Phi) is 3.63. The Morgan fingerprint density at radius 2 is 2.12 bits per heavy atom. The number of hydrogen-bond donors (Lipinski definition) is 1. The molecule has 6 heteroatoms. The van der Waals surface area contributed by atoms with Crippen LogP contribution < -0.4 is 9.62 Å². The van der Waals surface area contributed by atoms with Crippen LogP contribution in [0.2, 0.25) is 0 Å². The zero-order valence-corrected chi connectivity index (χ0v) is 10.7. The van der Waals surface area contributed by atoms with E-state index in [-0.39, 0.29) is 5.25 Å². The minimum atomic E-state index is -3.27.